The quantitative estimate of drug-likeness (QED) is 0.885. The highest BCUT2D eigenvalue weighted by Gasteiger charge is 2.25. The van der Waals surface area contributed by atoms with Crippen LogP contribution in [-0.2, 0) is 0 Å². The first kappa shape index (κ1) is 13.9. The molecule has 0 radical (unpaired) electrons. The molecule has 0 unspecified atom stereocenters. The van der Waals surface area contributed by atoms with Gasteiger partial charge in [-0.05, 0) is 52.0 Å². The number of aromatic hydroxyl groups is 1. The van der Waals surface area contributed by atoms with Crippen LogP contribution in [0.25, 0.3) is 0 Å². The summed E-state index contributed by atoms with van der Waals surface area (Å²) in [5, 5.41) is 9.84. The predicted octanol–water partition coefficient (Wildman–Crippen LogP) is 1.87. The number of rotatable bonds is 2. The normalized spacial score (nSPS) is 17.4. The number of benzene rings is 1. The van der Waals surface area contributed by atoms with Crippen molar-refractivity contribution in [3.05, 3.63) is 29.3 Å². The van der Waals surface area contributed by atoms with E-state index in [4.69, 9.17) is 0 Å². The van der Waals surface area contributed by atoms with Crippen molar-refractivity contribution in [1.82, 2.24) is 9.80 Å². The van der Waals surface area contributed by atoms with Crippen molar-refractivity contribution in [2.75, 3.05) is 27.2 Å². The Morgan fingerprint density at radius 1 is 1.37 bits per heavy atom. The number of phenolic OH excluding ortho intramolecular Hbond substituents is 1. The van der Waals surface area contributed by atoms with Crippen molar-refractivity contribution in [2.24, 2.45) is 0 Å². The summed E-state index contributed by atoms with van der Waals surface area (Å²) >= 11 is 0. The van der Waals surface area contributed by atoms with Gasteiger partial charge in [-0.2, -0.15) is 0 Å². The van der Waals surface area contributed by atoms with Crippen molar-refractivity contribution in [3.8, 4) is 5.75 Å². The Hall–Kier alpha value is -1.55. The molecule has 4 nitrogen and oxygen atoms in total. The van der Waals surface area contributed by atoms with E-state index < -0.39 is 0 Å². The molecule has 1 amide bonds. The minimum absolute atomic E-state index is 0.0652. The number of hydrogen-bond acceptors (Lipinski definition) is 3. The smallest absolute Gasteiger partial charge is 0.257 e. The monoisotopic (exact) mass is 262 g/mol. The molecule has 1 saturated heterocycles. The Bertz CT molecular complexity index is 465. The number of likely N-dealkylation sites (tertiary alicyclic amines) is 1. The van der Waals surface area contributed by atoms with Crippen molar-refractivity contribution >= 4 is 5.91 Å². The maximum absolute atomic E-state index is 12.5. The van der Waals surface area contributed by atoms with Gasteiger partial charge in [0, 0.05) is 13.1 Å². The van der Waals surface area contributed by atoms with E-state index in [1.165, 1.54) is 0 Å². The molecule has 1 heterocycles. The molecule has 0 spiro atoms. The molecule has 1 aromatic rings. The summed E-state index contributed by atoms with van der Waals surface area (Å²) < 4.78 is 0. The van der Waals surface area contributed by atoms with Gasteiger partial charge in [-0.1, -0.05) is 11.6 Å². The lowest BCUT2D eigenvalue weighted by Gasteiger charge is -2.35. The Balaban J connectivity index is 2.12. The number of hydrogen-bond donors (Lipinski definition) is 1. The van der Waals surface area contributed by atoms with E-state index in [-0.39, 0.29) is 17.7 Å². The molecule has 0 aliphatic carbocycles. The van der Waals surface area contributed by atoms with Gasteiger partial charge in [0.2, 0.25) is 0 Å². The summed E-state index contributed by atoms with van der Waals surface area (Å²) in [7, 11) is 3.94. The first-order valence-electron chi connectivity index (χ1n) is 6.74. The standard InChI is InChI=1S/C15H22N2O2/c1-11-4-5-14(18)13(10-11)15(19)17(3)12-6-8-16(2)9-7-12/h4-5,10,12,18H,6-9H2,1-3H3. The van der Waals surface area contributed by atoms with E-state index in [9.17, 15) is 9.90 Å². The highest BCUT2D eigenvalue weighted by molar-refractivity contribution is 5.97. The molecule has 1 N–H and O–H groups in total. The summed E-state index contributed by atoms with van der Waals surface area (Å²) in [5.74, 6) is -0.0221. The number of phenols is 1. The van der Waals surface area contributed by atoms with Crippen LogP contribution in [-0.4, -0.2) is 54.0 Å². The summed E-state index contributed by atoms with van der Waals surface area (Å²) in [4.78, 5) is 16.5. The van der Waals surface area contributed by atoms with Crippen molar-refractivity contribution in [3.63, 3.8) is 0 Å². The van der Waals surface area contributed by atoms with Crippen LogP contribution < -0.4 is 0 Å². The number of carbonyl (C=O) groups excluding carboxylic acids is 1. The molecular formula is C15H22N2O2. The second kappa shape index (κ2) is 5.61. The lowest BCUT2D eigenvalue weighted by molar-refractivity contribution is 0.0656. The maximum Gasteiger partial charge on any atom is 0.257 e. The van der Waals surface area contributed by atoms with E-state index in [1.54, 1.807) is 17.0 Å². The van der Waals surface area contributed by atoms with Gasteiger partial charge in [-0.15, -0.1) is 0 Å². The lowest BCUT2D eigenvalue weighted by Crippen LogP contribution is -2.44. The average molecular weight is 262 g/mol. The summed E-state index contributed by atoms with van der Waals surface area (Å²) in [6.45, 7) is 3.95. The highest BCUT2D eigenvalue weighted by atomic mass is 16.3. The second-order valence-electron chi connectivity index (χ2n) is 5.47. The fourth-order valence-electron chi connectivity index (χ4n) is 2.56. The molecule has 19 heavy (non-hydrogen) atoms. The molecule has 0 aromatic heterocycles. The van der Waals surface area contributed by atoms with Crippen LogP contribution in [0.1, 0.15) is 28.8 Å². The zero-order valence-corrected chi connectivity index (χ0v) is 11.9. The molecule has 4 heteroatoms. The van der Waals surface area contributed by atoms with Gasteiger partial charge in [0.1, 0.15) is 5.75 Å². The van der Waals surface area contributed by atoms with Gasteiger partial charge in [0.15, 0.2) is 0 Å². The second-order valence-corrected chi connectivity index (χ2v) is 5.47. The van der Waals surface area contributed by atoms with Gasteiger partial charge in [-0.3, -0.25) is 4.79 Å². The van der Waals surface area contributed by atoms with Crippen LogP contribution in [0.4, 0.5) is 0 Å². The third-order valence-corrected chi connectivity index (χ3v) is 3.94. The Morgan fingerprint density at radius 2 is 2.00 bits per heavy atom. The van der Waals surface area contributed by atoms with E-state index in [2.05, 4.69) is 11.9 Å². The third-order valence-electron chi connectivity index (χ3n) is 3.94. The minimum atomic E-state index is -0.0873. The fourth-order valence-corrected chi connectivity index (χ4v) is 2.56. The minimum Gasteiger partial charge on any atom is -0.507 e. The topological polar surface area (TPSA) is 43.8 Å². The number of carbonyl (C=O) groups is 1. The number of piperidine rings is 1. The van der Waals surface area contributed by atoms with Crippen LogP contribution in [0.15, 0.2) is 18.2 Å². The van der Waals surface area contributed by atoms with E-state index >= 15 is 0 Å². The van der Waals surface area contributed by atoms with Crippen molar-refractivity contribution in [2.45, 2.75) is 25.8 Å². The average Bonchev–Trinajstić information content (AvgIpc) is 2.41. The third kappa shape index (κ3) is 3.07. The molecule has 1 aliphatic rings. The molecule has 0 bridgehead atoms. The van der Waals surface area contributed by atoms with Crippen LogP contribution in [0.5, 0.6) is 5.75 Å². The van der Waals surface area contributed by atoms with Gasteiger partial charge < -0.3 is 14.9 Å². The Kier molecular flexibility index (Phi) is 4.10. The van der Waals surface area contributed by atoms with Crippen LogP contribution in [0.2, 0.25) is 0 Å². The molecule has 2 rings (SSSR count). The Labute approximate surface area is 114 Å². The van der Waals surface area contributed by atoms with Crippen molar-refractivity contribution < 1.29 is 9.90 Å². The van der Waals surface area contributed by atoms with Crippen LogP contribution in [0, 0.1) is 6.92 Å². The maximum atomic E-state index is 12.5. The molecule has 0 atom stereocenters. The first-order chi connectivity index (χ1) is 8.99. The lowest BCUT2D eigenvalue weighted by atomic mass is 10.0. The van der Waals surface area contributed by atoms with Gasteiger partial charge >= 0.3 is 0 Å². The molecule has 1 aromatic carbocycles. The van der Waals surface area contributed by atoms with E-state index in [0.717, 1.165) is 31.5 Å². The van der Waals surface area contributed by atoms with Crippen molar-refractivity contribution in [1.29, 1.82) is 0 Å². The van der Waals surface area contributed by atoms with E-state index in [1.807, 2.05) is 20.0 Å². The zero-order valence-electron chi connectivity index (χ0n) is 11.9. The van der Waals surface area contributed by atoms with Gasteiger partial charge in [0.25, 0.3) is 5.91 Å². The molecular weight excluding hydrogens is 240 g/mol. The number of aryl methyl sites for hydroxylation is 1. The van der Waals surface area contributed by atoms with Gasteiger partial charge in [-0.25, -0.2) is 0 Å². The predicted molar refractivity (Wildman–Crippen MR) is 75.5 cm³/mol. The largest absolute Gasteiger partial charge is 0.507 e. The summed E-state index contributed by atoms with van der Waals surface area (Å²) in [6.07, 6.45) is 1.98. The Morgan fingerprint density at radius 3 is 2.63 bits per heavy atom. The molecule has 0 saturated carbocycles. The highest BCUT2D eigenvalue weighted by Crippen LogP contribution is 2.22. The zero-order chi connectivity index (χ0) is 14.0. The van der Waals surface area contributed by atoms with Crippen LogP contribution >= 0.6 is 0 Å². The molecule has 1 fully saturated rings. The molecule has 1 aliphatic heterocycles. The van der Waals surface area contributed by atoms with E-state index in [0.29, 0.717) is 5.56 Å². The summed E-state index contributed by atoms with van der Waals surface area (Å²) in [6, 6.07) is 5.42. The summed E-state index contributed by atoms with van der Waals surface area (Å²) in [5.41, 5.74) is 1.39. The molecule has 104 valence electrons. The van der Waals surface area contributed by atoms with Gasteiger partial charge in [0.05, 0.1) is 5.56 Å². The first-order valence-corrected chi connectivity index (χ1v) is 6.74. The van der Waals surface area contributed by atoms with Crippen LogP contribution in [0.3, 0.4) is 0 Å². The number of nitrogens with zero attached hydrogens (tertiary/aromatic N) is 2. The fraction of sp³-hybridized carbons (Fsp3) is 0.533. The SMILES string of the molecule is Cc1ccc(O)c(C(=O)N(C)C2CCN(C)CC2)c1. The number of amides is 1.